The van der Waals surface area contributed by atoms with Gasteiger partial charge in [-0.1, -0.05) is 13.0 Å². The SMILES string of the molecule is CCCOc1ccc(C(Cl)C(F)(F)C(F)(F)F)cc1Br. The van der Waals surface area contributed by atoms with Crippen molar-refractivity contribution in [2.45, 2.75) is 30.8 Å². The number of halogens is 7. The minimum Gasteiger partial charge on any atom is -0.492 e. The van der Waals surface area contributed by atoms with Crippen molar-refractivity contribution in [3.05, 3.63) is 28.2 Å². The highest BCUT2D eigenvalue weighted by Gasteiger charge is 2.62. The zero-order chi connectivity index (χ0) is 15.6. The van der Waals surface area contributed by atoms with Gasteiger partial charge in [0.25, 0.3) is 0 Å². The molecule has 0 bridgehead atoms. The van der Waals surface area contributed by atoms with Crippen molar-refractivity contribution in [3.63, 3.8) is 0 Å². The topological polar surface area (TPSA) is 9.23 Å². The summed E-state index contributed by atoms with van der Waals surface area (Å²) < 4.78 is 68.6. The second kappa shape index (κ2) is 6.47. The van der Waals surface area contributed by atoms with Crippen molar-refractivity contribution < 1.29 is 26.7 Å². The highest BCUT2D eigenvalue weighted by Crippen LogP contribution is 2.48. The van der Waals surface area contributed by atoms with E-state index in [4.69, 9.17) is 16.3 Å². The van der Waals surface area contributed by atoms with Crippen molar-refractivity contribution in [1.82, 2.24) is 0 Å². The van der Waals surface area contributed by atoms with Gasteiger partial charge in [0.05, 0.1) is 11.1 Å². The summed E-state index contributed by atoms with van der Waals surface area (Å²) in [5, 5.41) is -2.50. The summed E-state index contributed by atoms with van der Waals surface area (Å²) in [4.78, 5) is 0. The average Bonchev–Trinajstić information content (AvgIpc) is 2.35. The zero-order valence-electron chi connectivity index (χ0n) is 10.3. The summed E-state index contributed by atoms with van der Waals surface area (Å²) >= 11 is 8.33. The number of hydrogen-bond acceptors (Lipinski definition) is 1. The van der Waals surface area contributed by atoms with Crippen LogP contribution in [0.4, 0.5) is 22.0 Å². The van der Waals surface area contributed by atoms with Crippen molar-refractivity contribution in [3.8, 4) is 5.75 Å². The van der Waals surface area contributed by atoms with E-state index < -0.39 is 17.5 Å². The fourth-order valence-electron chi connectivity index (χ4n) is 1.36. The van der Waals surface area contributed by atoms with Gasteiger partial charge in [0.1, 0.15) is 11.1 Å². The Balaban J connectivity index is 3.01. The summed E-state index contributed by atoms with van der Waals surface area (Å²) in [7, 11) is 0. The largest absolute Gasteiger partial charge is 0.492 e. The lowest BCUT2D eigenvalue weighted by atomic mass is 10.1. The minimum atomic E-state index is -5.71. The first-order valence-electron chi connectivity index (χ1n) is 5.62. The highest BCUT2D eigenvalue weighted by molar-refractivity contribution is 9.10. The predicted molar refractivity (Wildman–Crippen MR) is 69.5 cm³/mol. The standard InChI is InChI=1S/C12H11BrClF5O/c1-2-5-20-9-4-3-7(6-8(9)13)10(14)11(15,16)12(17,18)19/h3-4,6,10H,2,5H2,1H3. The van der Waals surface area contributed by atoms with Crippen molar-refractivity contribution in [1.29, 1.82) is 0 Å². The lowest BCUT2D eigenvalue weighted by Gasteiger charge is -2.24. The molecule has 0 amide bonds. The van der Waals surface area contributed by atoms with Crippen LogP contribution in [0.25, 0.3) is 0 Å². The molecule has 0 aliphatic heterocycles. The van der Waals surface area contributed by atoms with Crippen LogP contribution in [0.1, 0.15) is 24.3 Å². The summed E-state index contributed by atoms with van der Waals surface area (Å²) in [6.07, 6.45) is -4.97. The number of ether oxygens (including phenoxy) is 1. The Morgan fingerprint density at radius 1 is 1.25 bits per heavy atom. The molecule has 1 unspecified atom stereocenters. The highest BCUT2D eigenvalue weighted by atomic mass is 79.9. The zero-order valence-corrected chi connectivity index (χ0v) is 12.6. The maximum Gasteiger partial charge on any atom is 0.455 e. The van der Waals surface area contributed by atoms with Gasteiger partial charge in [0.2, 0.25) is 0 Å². The second-order valence-corrected chi connectivity index (χ2v) is 5.31. The molecular weight excluding hydrogens is 370 g/mol. The maximum absolute atomic E-state index is 13.1. The fourth-order valence-corrected chi connectivity index (χ4v) is 2.13. The molecule has 20 heavy (non-hydrogen) atoms. The molecule has 0 saturated heterocycles. The molecule has 1 rings (SSSR count). The van der Waals surface area contributed by atoms with E-state index in [1.165, 1.54) is 6.07 Å². The van der Waals surface area contributed by atoms with Gasteiger partial charge in [-0.25, -0.2) is 0 Å². The normalized spacial score (nSPS) is 14.2. The van der Waals surface area contributed by atoms with Gasteiger partial charge in [-0.3, -0.25) is 0 Å². The Hall–Kier alpha value is -0.560. The van der Waals surface area contributed by atoms with Crippen molar-refractivity contribution in [2.24, 2.45) is 0 Å². The Morgan fingerprint density at radius 2 is 1.85 bits per heavy atom. The number of benzene rings is 1. The van der Waals surface area contributed by atoms with E-state index >= 15 is 0 Å². The third-order valence-corrected chi connectivity index (χ3v) is 3.55. The van der Waals surface area contributed by atoms with Gasteiger partial charge in [-0.15, -0.1) is 11.6 Å². The number of hydrogen-bond donors (Lipinski definition) is 0. The molecule has 0 saturated carbocycles. The van der Waals surface area contributed by atoms with E-state index in [1.54, 1.807) is 0 Å². The lowest BCUT2D eigenvalue weighted by molar-refractivity contribution is -0.283. The first-order valence-corrected chi connectivity index (χ1v) is 6.85. The molecule has 0 aliphatic rings. The molecule has 1 nitrogen and oxygen atoms in total. The summed E-state index contributed by atoms with van der Waals surface area (Å²) in [6.45, 7) is 2.28. The number of alkyl halides is 6. The first-order chi connectivity index (χ1) is 9.11. The summed E-state index contributed by atoms with van der Waals surface area (Å²) in [6, 6.07) is 3.49. The van der Waals surface area contributed by atoms with Gasteiger partial charge in [0.15, 0.2) is 0 Å². The first kappa shape index (κ1) is 17.5. The smallest absolute Gasteiger partial charge is 0.455 e. The minimum absolute atomic E-state index is 0.270. The molecule has 8 heteroatoms. The van der Waals surface area contributed by atoms with E-state index in [9.17, 15) is 22.0 Å². The second-order valence-electron chi connectivity index (χ2n) is 4.02. The molecule has 0 fully saturated rings. The maximum atomic E-state index is 13.1. The number of rotatable bonds is 5. The average molecular weight is 382 g/mol. The van der Waals surface area contributed by atoms with Crippen LogP contribution >= 0.6 is 27.5 Å². The van der Waals surface area contributed by atoms with Crippen LogP contribution in [0.3, 0.4) is 0 Å². The molecule has 0 spiro atoms. The Labute approximate surface area is 126 Å². The fraction of sp³-hybridized carbons (Fsp3) is 0.500. The molecule has 1 aromatic rings. The molecule has 0 aliphatic carbocycles. The molecule has 1 aromatic carbocycles. The van der Waals surface area contributed by atoms with Gasteiger partial charge in [0, 0.05) is 0 Å². The van der Waals surface area contributed by atoms with E-state index in [0.717, 1.165) is 18.6 Å². The van der Waals surface area contributed by atoms with Crippen LogP contribution in [-0.4, -0.2) is 18.7 Å². The molecular formula is C12H11BrClF5O. The van der Waals surface area contributed by atoms with E-state index in [1.807, 2.05) is 6.92 Å². The Morgan fingerprint density at radius 3 is 2.30 bits per heavy atom. The lowest BCUT2D eigenvalue weighted by Crippen LogP contribution is -2.40. The Kier molecular flexibility index (Phi) is 5.66. The predicted octanol–water partition coefficient (Wildman–Crippen LogP) is 5.72. The van der Waals surface area contributed by atoms with Gasteiger partial charge >= 0.3 is 12.1 Å². The monoisotopic (exact) mass is 380 g/mol. The van der Waals surface area contributed by atoms with Crippen LogP contribution in [0.5, 0.6) is 5.75 Å². The van der Waals surface area contributed by atoms with Crippen LogP contribution in [-0.2, 0) is 0 Å². The molecule has 0 heterocycles. The summed E-state index contributed by atoms with van der Waals surface area (Å²) in [5.74, 6) is -4.66. The Bertz CT molecular complexity index is 464. The molecule has 0 aromatic heterocycles. The van der Waals surface area contributed by atoms with Crippen LogP contribution in [0.15, 0.2) is 22.7 Å². The quantitative estimate of drug-likeness (QED) is 0.468. The van der Waals surface area contributed by atoms with E-state index in [0.29, 0.717) is 12.4 Å². The van der Waals surface area contributed by atoms with Crippen molar-refractivity contribution in [2.75, 3.05) is 6.61 Å². The van der Waals surface area contributed by atoms with Gasteiger partial charge in [-0.05, 0) is 40.0 Å². The third-order valence-electron chi connectivity index (χ3n) is 2.41. The van der Waals surface area contributed by atoms with Crippen LogP contribution in [0.2, 0.25) is 0 Å². The molecule has 114 valence electrons. The van der Waals surface area contributed by atoms with Crippen LogP contribution < -0.4 is 4.74 Å². The molecule has 0 N–H and O–H groups in total. The third kappa shape index (κ3) is 3.75. The molecule has 1 atom stereocenters. The van der Waals surface area contributed by atoms with Crippen molar-refractivity contribution >= 4 is 27.5 Å². The van der Waals surface area contributed by atoms with Crippen LogP contribution in [0, 0.1) is 0 Å². The summed E-state index contributed by atoms with van der Waals surface area (Å²) in [5.41, 5.74) is -0.343. The molecule has 0 radical (unpaired) electrons. The van der Waals surface area contributed by atoms with E-state index in [-0.39, 0.29) is 10.0 Å². The van der Waals surface area contributed by atoms with E-state index in [2.05, 4.69) is 15.9 Å². The van der Waals surface area contributed by atoms with Gasteiger partial charge in [-0.2, -0.15) is 22.0 Å². The van der Waals surface area contributed by atoms with Gasteiger partial charge < -0.3 is 4.74 Å².